The minimum Gasteiger partial charge on any atom is -0.0599 e. The number of halogens is 2. The maximum absolute atomic E-state index is 3.71. The van der Waals surface area contributed by atoms with Crippen molar-refractivity contribution in [3.8, 4) is 11.1 Å². The molecule has 0 nitrogen and oxygen atoms in total. The van der Waals surface area contributed by atoms with Crippen molar-refractivity contribution < 1.29 is 0 Å². The van der Waals surface area contributed by atoms with E-state index in [1.165, 1.54) is 56.9 Å². The molecule has 0 unspecified atom stereocenters. The molecule has 0 saturated heterocycles. The van der Waals surface area contributed by atoms with Gasteiger partial charge in [-0.1, -0.05) is 64.8 Å². The molecule has 2 heteroatoms. The van der Waals surface area contributed by atoms with Gasteiger partial charge in [0.05, 0.1) is 0 Å². The Labute approximate surface area is 162 Å². The molecule has 2 aromatic carbocycles. The minimum atomic E-state index is 0.208. The van der Waals surface area contributed by atoms with Crippen LogP contribution >= 0.6 is 31.9 Å². The zero-order valence-corrected chi connectivity index (χ0v) is 17.8. The van der Waals surface area contributed by atoms with Gasteiger partial charge in [-0.15, -0.1) is 0 Å². The topological polar surface area (TPSA) is 0 Å². The van der Waals surface area contributed by atoms with E-state index >= 15 is 0 Å². The highest BCUT2D eigenvalue weighted by Gasteiger charge is 2.46. The molecular formula is C22H24Br2. The maximum Gasteiger partial charge on any atom is 0.0216 e. The van der Waals surface area contributed by atoms with Gasteiger partial charge in [0.25, 0.3) is 0 Å². The molecule has 0 atom stereocenters. The zero-order valence-electron chi connectivity index (χ0n) is 14.6. The molecule has 0 bridgehead atoms. The van der Waals surface area contributed by atoms with Crippen LogP contribution < -0.4 is 0 Å². The van der Waals surface area contributed by atoms with E-state index in [1.54, 1.807) is 0 Å². The molecule has 2 aromatic rings. The molecule has 24 heavy (non-hydrogen) atoms. The third-order valence-electron chi connectivity index (χ3n) is 6.35. The first-order valence-electron chi connectivity index (χ1n) is 8.92. The van der Waals surface area contributed by atoms with E-state index in [1.807, 2.05) is 0 Å². The van der Waals surface area contributed by atoms with E-state index in [0.29, 0.717) is 5.41 Å². The van der Waals surface area contributed by atoms with Gasteiger partial charge in [0.2, 0.25) is 0 Å². The number of hydrogen-bond donors (Lipinski definition) is 0. The predicted molar refractivity (Wildman–Crippen MR) is 109 cm³/mol. The fourth-order valence-corrected chi connectivity index (χ4v) is 5.68. The Morgan fingerprint density at radius 2 is 1.29 bits per heavy atom. The standard InChI is InChI=1S/C22H24Br2/c1-21(2,3)14-8-10-22(11-9-14)19-12-15(23)4-6-17(19)18-7-5-16(24)13-20(18)22/h4-7,12-14H,8-11H2,1-3H3. The molecule has 0 aliphatic heterocycles. The third kappa shape index (κ3) is 2.52. The highest BCUT2D eigenvalue weighted by Crippen LogP contribution is 2.58. The molecule has 0 N–H and O–H groups in total. The Balaban J connectivity index is 1.84. The van der Waals surface area contributed by atoms with Gasteiger partial charge in [-0.25, -0.2) is 0 Å². The molecule has 1 saturated carbocycles. The lowest BCUT2D eigenvalue weighted by Gasteiger charge is -2.43. The Morgan fingerprint density at radius 1 is 0.833 bits per heavy atom. The van der Waals surface area contributed by atoms with Gasteiger partial charge < -0.3 is 0 Å². The number of benzene rings is 2. The summed E-state index contributed by atoms with van der Waals surface area (Å²) in [5, 5.41) is 0. The lowest BCUT2D eigenvalue weighted by molar-refractivity contribution is 0.148. The highest BCUT2D eigenvalue weighted by molar-refractivity contribution is 9.10. The van der Waals surface area contributed by atoms with Gasteiger partial charge in [0, 0.05) is 14.4 Å². The molecule has 0 amide bonds. The number of hydrogen-bond acceptors (Lipinski definition) is 0. The Kier molecular flexibility index (Phi) is 4.01. The smallest absolute Gasteiger partial charge is 0.0216 e. The van der Waals surface area contributed by atoms with Crippen molar-refractivity contribution in [3.63, 3.8) is 0 Å². The van der Waals surface area contributed by atoms with Crippen LogP contribution in [-0.2, 0) is 5.41 Å². The maximum atomic E-state index is 3.71. The molecule has 0 heterocycles. The summed E-state index contributed by atoms with van der Waals surface area (Å²) in [6.45, 7) is 7.21. The molecule has 2 aliphatic carbocycles. The summed E-state index contributed by atoms with van der Waals surface area (Å²) in [5.41, 5.74) is 6.58. The number of rotatable bonds is 0. The Morgan fingerprint density at radius 3 is 1.71 bits per heavy atom. The van der Waals surface area contributed by atoms with Crippen molar-refractivity contribution in [2.45, 2.75) is 51.9 Å². The van der Waals surface area contributed by atoms with Gasteiger partial charge in [-0.3, -0.25) is 0 Å². The second-order valence-corrected chi connectivity index (χ2v) is 10.4. The van der Waals surface area contributed by atoms with Crippen molar-refractivity contribution in [3.05, 3.63) is 56.5 Å². The minimum absolute atomic E-state index is 0.208. The van der Waals surface area contributed by atoms with Gasteiger partial charge in [0.15, 0.2) is 0 Å². The monoisotopic (exact) mass is 446 g/mol. The Hall–Kier alpha value is -0.600. The van der Waals surface area contributed by atoms with Gasteiger partial charge in [-0.2, -0.15) is 0 Å². The summed E-state index contributed by atoms with van der Waals surface area (Å²) in [4.78, 5) is 0. The SMILES string of the molecule is CC(C)(C)C1CCC2(CC1)c1cc(Br)ccc1-c1ccc(Br)cc12. The van der Waals surface area contributed by atoms with Crippen LogP contribution in [0.3, 0.4) is 0 Å². The highest BCUT2D eigenvalue weighted by atomic mass is 79.9. The second-order valence-electron chi connectivity index (χ2n) is 8.60. The third-order valence-corrected chi connectivity index (χ3v) is 7.33. The summed E-state index contributed by atoms with van der Waals surface area (Å²) < 4.78 is 2.40. The van der Waals surface area contributed by atoms with E-state index in [4.69, 9.17) is 0 Å². The van der Waals surface area contributed by atoms with E-state index < -0.39 is 0 Å². The van der Waals surface area contributed by atoms with Crippen molar-refractivity contribution in [2.75, 3.05) is 0 Å². The molecule has 0 radical (unpaired) electrons. The van der Waals surface area contributed by atoms with Crippen LogP contribution in [-0.4, -0.2) is 0 Å². The van der Waals surface area contributed by atoms with Gasteiger partial charge in [-0.05, 0) is 83.5 Å². The van der Waals surface area contributed by atoms with Gasteiger partial charge in [0.1, 0.15) is 0 Å². The van der Waals surface area contributed by atoms with Crippen LogP contribution in [0.15, 0.2) is 45.3 Å². The molecule has 126 valence electrons. The predicted octanol–water partition coefficient (Wildman–Crippen LogP) is 7.71. The molecule has 2 aliphatic rings. The van der Waals surface area contributed by atoms with E-state index in [-0.39, 0.29) is 5.41 Å². The lowest BCUT2D eigenvalue weighted by atomic mass is 9.61. The van der Waals surface area contributed by atoms with Crippen molar-refractivity contribution in [1.82, 2.24) is 0 Å². The molecule has 1 fully saturated rings. The Bertz CT molecular complexity index is 737. The van der Waals surface area contributed by atoms with Crippen LogP contribution in [0.4, 0.5) is 0 Å². The fraction of sp³-hybridized carbons (Fsp3) is 0.455. The summed E-state index contributed by atoms with van der Waals surface area (Å²) >= 11 is 7.42. The van der Waals surface area contributed by atoms with Crippen LogP contribution in [0.1, 0.15) is 57.6 Å². The normalized spacial score (nSPS) is 19.4. The molecule has 1 spiro atoms. The largest absolute Gasteiger partial charge is 0.0599 e. The number of fused-ring (bicyclic) bond motifs is 5. The van der Waals surface area contributed by atoms with Crippen molar-refractivity contribution in [2.24, 2.45) is 11.3 Å². The first-order valence-corrected chi connectivity index (χ1v) is 10.5. The average molecular weight is 448 g/mol. The first kappa shape index (κ1) is 16.8. The first-order chi connectivity index (χ1) is 11.3. The van der Waals surface area contributed by atoms with Crippen LogP contribution in [0.2, 0.25) is 0 Å². The second kappa shape index (κ2) is 5.71. The van der Waals surface area contributed by atoms with E-state index in [9.17, 15) is 0 Å². The van der Waals surface area contributed by atoms with Crippen molar-refractivity contribution >= 4 is 31.9 Å². The molecular weight excluding hydrogens is 424 g/mol. The van der Waals surface area contributed by atoms with Gasteiger partial charge >= 0.3 is 0 Å². The summed E-state index contributed by atoms with van der Waals surface area (Å²) in [6, 6.07) is 13.7. The fourth-order valence-electron chi connectivity index (χ4n) is 4.95. The van der Waals surface area contributed by atoms with Crippen LogP contribution in [0, 0.1) is 11.3 Å². The summed E-state index contributed by atoms with van der Waals surface area (Å²) in [6.07, 6.45) is 5.17. The van der Waals surface area contributed by atoms with Crippen LogP contribution in [0.25, 0.3) is 11.1 Å². The van der Waals surface area contributed by atoms with E-state index in [0.717, 1.165) is 5.92 Å². The molecule has 4 rings (SSSR count). The van der Waals surface area contributed by atoms with Crippen LogP contribution in [0.5, 0.6) is 0 Å². The zero-order chi connectivity index (χ0) is 17.1. The lowest BCUT2D eigenvalue weighted by Crippen LogP contribution is -2.35. The van der Waals surface area contributed by atoms with E-state index in [2.05, 4.69) is 89.0 Å². The molecule has 0 aromatic heterocycles. The summed E-state index contributed by atoms with van der Waals surface area (Å²) in [7, 11) is 0. The summed E-state index contributed by atoms with van der Waals surface area (Å²) in [5.74, 6) is 0.829. The van der Waals surface area contributed by atoms with Crippen molar-refractivity contribution in [1.29, 1.82) is 0 Å². The quantitative estimate of drug-likeness (QED) is 0.387. The average Bonchev–Trinajstić information content (AvgIpc) is 2.77.